The summed E-state index contributed by atoms with van der Waals surface area (Å²) in [6, 6.07) is 6.97. The summed E-state index contributed by atoms with van der Waals surface area (Å²) in [7, 11) is -1.41. The second-order valence-corrected chi connectivity index (χ2v) is 8.70. The van der Waals surface area contributed by atoms with Gasteiger partial charge in [0.2, 0.25) is 0 Å². The number of hydrogen-bond acceptors (Lipinski definition) is 5. The molecule has 0 radical (unpaired) electrons. The van der Waals surface area contributed by atoms with Crippen molar-refractivity contribution in [1.29, 1.82) is 0 Å². The van der Waals surface area contributed by atoms with E-state index < -0.39 is 9.84 Å². The molecule has 1 aromatic carbocycles. The van der Waals surface area contributed by atoms with Crippen molar-refractivity contribution in [2.24, 2.45) is 4.99 Å². The minimum Gasteiger partial charge on any atom is -0.356 e. The molecule has 0 spiro atoms. The molecule has 0 saturated heterocycles. The fourth-order valence-electron chi connectivity index (χ4n) is 2.11. The van der Waals surface area contributed by atoms with Crippen molar-refractivity contribution in [3.8, 4) is 0 Å². The summed E-state index contributed by atoms with van der Waals surface area (Å²) in [6.07, 6.45) is 3.86. The molecule has 2 N–H and O–H groups in total. The highest BCUT2D eigenvalue weighted by Gasteiger charge is 2.06. The fraction of sp³-hybridized carbons (Fsp3) is 0.375. The maximum absolute atomic E-state index is 11.4. The van der Waals surface area contributed by atoms with Gasteiger partial charge in [0.05, 0.1) is 16.4 Å². The van der Waals surface area contributed by atoms with Gasteiger partial charge < -0.3 is 10.6 Å². The molecular formula is C16H23IN4O2S2. The summed E-state index contributed by atoms with van der Waals surface area (Å²) in [6.45, 7) is 3.38. The van der Waals surface area contributed by atoms with E-state index in [2.05, 4.69) is 20.6 Å². The zero-order valence-electron chi connectivity index (χ0n) is 14.4. The monoisotopic (exact) mass is 494 g/mol. The number of hydrogen-bond donors (Lipinski definition) is 2. The summed E-state index contributed by atoms with van der Waals surface area (Å²) in [4.78, 5) is 9.91. The number of aromatic nitrogens is 1. The van der Waals surface area contributed by atoms with Crippen LogP contribution in [-0.2, 0) is 22.8 Å². The van der Waals surface area contributed by atoms with Gasteiger partial charge in [0.25, 0.3) is 0 Å². The number of thiazole rings is 1. The van der Waals surface area contributed by atoms with Crippen LogP contribution in [-0.4, -0.2) is 39.2 Å². The summed E-state index contributed by atoms with van der Waals surface area (Å²) in [5, 5.41) is 7.54. The van der Waals surface area contributed by atoms with Crippen molar-refractivity contribution in [1.82, 2.24) is 15.6 Å². The number of benzene rings is 1. The number of aryl methyl sites for hydroxylation is 1. The van der Waals surface area contributed by atoms with Crippen LogP contribution in [0.15, 0.2) is 40.4 Å². The van der Waals surface area contributed by atoms with Crippen LogP contribution in [0.2, 0.25) is 0 Å². The Morgan fingerprint density at radius 1 is 1.24 bits per heavy atom. The first kappa shape index (κ1) is 21.8. The van der Waals surface area contributed by atoms with Crippen LogP contribution in [0.4, 0.5) is 0 Å². The molecule has 0 aliphatic heterocycles. The minimum absolute atomic E-state index is 0. The Hall–Kier alpha value is -1.20. The van der Waals surface area contributed by atoms with Gasteiger partial charge in [-0.3, -0.25) is 4.99 Å². The molecule has 0 amide bonds. The van der Waals surface area contributed by atoms with Gasteiger partial charge in [-0.25, -0.2) is 13.4 Å². The van der Waals surface area contributed by atoms with Gasteiger partial charge in [0.1, 0.15) is 0 Å². The Morgan fingerprint density at radius 3 is 2.44 bits per heavy atom. The van der Waals surface area contributed by atoms with Gasteiger partial charge in [0.15, 0.2) is 15.8 Å². The minimum atomic E-state index is -3.14. The molecule has 0 aliphatic carbocycles. The first-order valence-corrected chi connectivity index (χ1v) is 10.2. The first-order chi connectivity index (χ1) is 11.4. The molecule has 0 unspecified atom stereocenters. The van der Waals surface area contributed by atoms with E-state index in [9.17, 15) is 8.42 Å². The van der Waals surface area contributed by atoms with E-state index >= 15 is 0 Å². The maximum Gasteiger partial charge on any atom is 0.191 e. The first-order valence-electron chi connectivity index (χ1n) is 7.53. The van der Waals surface area contributed by atoms with Crippen LogP contribution < -0.4 is 10.6 Å². The van der Waals surface area contributed by atoms with E-state index in [4.69, 9.17) is 0 Å². The van der Waals surface area contributed by atoms with Crippen molar-refractivity contribution in [3.05, 3.63) is 45.9 Å². The average Bonchev–Trinajstić information content (AvgIpc) is 2.96. The Labute approximate surface area is 170 Å². The number of nitrogens with zero attached hydrogens (tertiary/aromatic N) is 2. The van der Waals surface area contributed by atoms with E-state index in [1.807, 2.05) is 25.3 Å². The maximum atomic E-state index is 11.4. The molecule has 2 rings (SSSR count). The highest BCUT2D eigenvalue weighted by atomic mass is 127. The van der Waals surface area contributed by atoms with Gasteiger partial charge in [-0.05, 0) is 31.0 Å². The lowest BCUT2D eigenvalue weighted by Gasteiger charge is -2.11. The Balaban J connectivity index is 0.00000312. The van der Waals surface area contributed by atoms with Crippen LogP contribution in [0.1, 0.15) is 15.4 Å². The lowest BCUT2D eigenvalue weighted by molar-refractivity contribution is 0.602. The van der Waals surface area contributed by atoms with Gasteiger partial charge >= 0.3 is 0 Å². The van der Waals surface area contributed by atoms with Crippen LogP contribution in [0.25, 0.3) is 0 Å². The highest BCUT2D eigenvalue weighted by Crippen LogP contribution is 2.11. The third-order valence-corrected chi connectivity index (χ3v) is 5.42. The number of nitrogens with one attached hydrogen (secondary N) is 2. The number of halogens is 1. The Bertz CT molecular complexity index is 802. The van der Waals surface area contributed by atoms with Gasteiger partial charge in [-0.1, -0.05) is 12.1 Å². The Kier molecular flexibility index (Phi) is 8.80. The van der Waals surface area contributed by atoms with Gasteiger partial charge in [0, 0.05) is 30.9 Å². The zero-order chi connectivity index (χ0) is 17.6. The summed E-state index contributed by atoms with van der Waals surface area (Å²) < 4.78 is 22.9. The summed E-state index contributed by atoms with van der Waals surface area (Å²) in [5.74, 6) is 0.730. The predicted molar refractivity (Wildman–Crippen MR) is 114 cm³/mol. The molecule has 2 aromatic rings. The van der Waals surface area contributed by atoms with E-state index in [1.165, 1.54) is 6.26 Å². The van der Waals surface area contributed by atoms with E-state index in [0.29, 0.717) is 18.0 Å². The number of sulfone groups is 1. The van der Waals surface area contributed by atoms with E-state index in [0.717, 1.165) is 27.8 Å². The van der Waals surface area contributed by atoms with Gasteiger partial charge in [-0.15, -0.1) is 35.3 Å². The molecule has 0 atom stereocenters. The van der Waals surface area contributed by atoms with Crippen molar-refractivity contribution in [2.75, 3.05) is 19.8 Å². The molecule has 1 aromatic heterocycles. The van der Waals surface area contributed by atoms with E-state index in [1.54, 1.807) is 30.5 Å². The largest absolute Gasteiger partial charge is 0.356 e. The van der Waals surface area contributed by atoms with Crippen molar-refractivity contribution >= 4 is 51.1 Å². The summed E-state index contributed by atoms with van der Waals surface area (Å²) in [5.41, 5.74) is 1.07. The SMILES string of the molecule is CN=C(NCCc1ccc(S(C)(=O)=O)cc1)NCc1cnc(C)s1.I. The van der Waals surface area contributed by atoms with Crippen LogP contribution in [0.3, 0.4) is 0 Å². The number of rotatable bonds is 6. The fourth-order valence-corrected chi connectivity index (χ4v) is 3.47. The zero-order valence-corrected chi connectivity index (χ0v) is 18.4. The molecule has 6 nitrogen and oxygen atoms in total. The molecule has 0 aliphatic rings. The van der Waals surface area contributed by atoms with Crippen LogP contribution >= 0.6 is 35.3 Å². The lowest BCUT2D eigenvalue weighted by atomic mass is 10.1. The molecular weight excluding hydrogens is 471 g/mol. The van der Waals surface area contributed by atoms with Crippen LogP contribution in [0, 0.1) is 6.92 Å². The third-order valence-electron chi connectivity index (χ3n) is 3.38. The molecule has 0 saturated carbocycles. The number of aliphatic imine (C=N–C) groups is 1. The van der Waals surface area contributed by atoms with Crippen molar-refractivity contribution in [3.63, 3.8) is 0 Å². The molecule has 1 heterocycles. The smallest absolute Gasteiger partial charge is 0.191 e. The van der Waals surface area contributed by atoms with Crippen LogP contribution in [0.5, 0.6) is 0 Å². The normalized spacial score (nSPS) is 11.7. The molecule has 9 heteroatoms. The molecule has 25 heavy (non-hydrogen) atoms. The van der Waals surface area contributed by atoms with Crippen molar-refractivity contribution < 1.29 is 8.42 Å². The van der Waals surface area contributed by atoms with Gasteiger partial charge in [-0.2, -0.15) is 0 Å². The quantitative estimate of drug-likeness (QED) is 0.366. The molecule has 0 fully saturated rings. The predicted octanol–water partition coefficient (Wildman–Crippen LogP) is 2.38. The standard InChI is InChI=1S/C16H22N4O2S2.HI/c1-12-19-10-14(23-12)11-20-16(17-2)18-9-8-13-4-6-15(7-5-13)24(3,21)22;/h4-7,10H,8-9,11H2,1-3H3,(H2,17,18,20);1H. The van der Waals surface area contributed by atoms with E-state index in [-0.39, 0.29) is 24.0 Å². The number of guanidine groups is 1. The topological polar surface area (TPSA) is 83.5 Å². The second kappa shape index (κ2) is 10.1. The summed E-state index contributed by atoms with van der Waals surface area (Å²) >= 11 is 1.66. The Morgan fingerprint density at radius 2 is 1.92 bits per heavy atom. The highest BCUT2D eigenvalue weighted by molar-refractivity contribution is 14.0. The lowest BCUT2D eigenvalue weighted by Crippen LogP contribution is -2.37. The van der Waals surface area contributed by atoms with Crippen molar-refractivity contribution in [2.45, 2.75) is 24.8 Å². The molecule has 0 bridgehead atoms. The average molecular weight is 494 g/mol. The second-order valence-electron chi connectivity index (χ2n) is 5.36. The third kappa shape index (κ3) is 7.28. The molecule has 138 valence electrons.